The monoisotopic (exact) mass is 243 g/mol. The van der Waals surface area contributed by atoms with Gasteiger partial charge in [-0.2, -0.15) is 0 Å². The van der Waals surface area contributed by atoms with Gasteiger partial charge >= 0.3 is 0 Å². The van der Waals surface area contributed by atoms with Crippen molar-refractivity contribution in [2.75, 3.05) is 0 Å². The molecule has 3 heteroatoms. The summed E-state index contributed by atoms with van der Waals surface area (Å²) in [6.07, 6.45) is 2.55. The number of hydrogen-bond acceptors (Lipinski definition) is 1. The van der Waals surface area contributed by atoms with Gasteiger partial charge in [0.15, 0.2) is 0 Å². The third-order valence-electron chi connectivity index (χ3n) is 2.17. The van der Waals surface area contributed by atoms with E-state index in [4.69, 9.17) is 0 Å². The van der Waals surface area contributed by atoms with Crippen LogP contribution >= 0.6 is 15.9 Å². The Hall–Kier alpha value is -0.410. The molecule has 0 aliphatic heterocycles. The Morgan fingerprint density at radius 1 is 1.46 bits per heavy atom. The van der Waals surface area contributed by atoms with Gasteiger partial charge in [0.25, 0.3) is 0 Å². The molecule has 1 aliphatic carbocycles. The summed E-state index contributed by atoms with van der Waals surface area (Å²) in [5, 5.41) is 3.38. The maximum absolute atomic E-state index is 12.7. The van der Waals surface area contributed by atoms with Gasteiger partial charge in [-0.25, -0.2) is 4.39 Å². The van der Waals surface area contributed by atoms with Gasteiger partial charge in [0.05, 0.1) is 0 Å². The normalized spacial score (nSPS) is 16.2. The first-order valence-electron chi connectivity index (χ1n) is 4.43. The van der Waals surface area contributed by atoms with Crippen LogP contribution in [0.5, 0.6) is 0 Å². The van der Waals surface area contributed by atoms with Crippen molar-refractivity contribution in [3.8, 4) is 0 Å². The van der Waals surface area contributed by atoms with Crippen LogP contribution in [0.3, 0.4) is 0 Å². The predicted octanol–water partition coefficient (Wildman–Crippen LogP) is 2.84. The van der Waals surface area contributed by atoms with E-state index in [9.17, 15) is 4.39 Å². The van der Waals surface area contributed by atoms with Crippen molar-refractivity contribution in [3.63, 3.8) is 0 Å². The lowest BCUT2D eigenvalue weighted by Gasteiger charge is -2.05. The van der Waals surface area contributed by atoms with Crippen molar-refractivity contribution >= 4 is 15.9 Å². The van der Waals surface area contributed by atoms with E-state index in [0.29, 0.717) is 6.04 Å². The fourth-order valence-corrected chi connectivity index (χ4v) is 1.70. The fraction of sp³-hybridized carbons (Fsp3) is 0.400. The quantitative estimate of drug-likeness (QED) is 0.862. The van der Waals surface area contributed by atoms with E-state index in [2.05, 4.69) is 21.2 Å². The summed E-state index contributed by atoms with van der Waals surface area (Å²) in [6.45, 7) is 0.825. The summed E-state index contributed by atoms with van der Waals surface area (Å²) in [5.74, 6) is -0.193. The zero-order valence-corrected chi connectivity index (χ0v) is 8.77. The average molecular weight is 244 g/mol. The van der Waals surface area contributed by atoms with Crippen LogP contribution < -0.4 is 5.32 Å². The van der Waals surface area contributed by atoms with Crippen molar-refractivity contribution < 1.29 is 4.39 Å². The Kier molecular flexibility index (Phi) is 2.65. The van der Waals surface area contributed by atoms with Crippen LogP contribution in [0.15, 0.2) is 22.7 Å². The van der Waals surface area contributed by atoms with Crippen LogP contribution in [-0.2, 0) is 6.54 Å². The lowest BCUT2D eigenvalue weighted by atomic mass is 10.2. The molecule has 0 bridgehead atoms. The van der Waals surface area contributed by atoms with Gasteiger partial charge in [-0.05, 0) is 30.5 Å². The van der Waals surface area contributed by atoms with Crippen LogP contribution in [0.1, 0.15) is 18.4 Å². The van der Waals surface area contributed by atoms with E-state index < -0.39 is 0 Å². The molecule has 70 valence electrons. The second kappa shape index (κ2) is 3.76. The molecule has 1 aliphatic rings. The Morgan fingerprint density at radius 2 is 2.23 bits per heavy atom. The molecule has 1 saturated carbocycles. The van der Waals surface area contributed by atoms with Gasteiger partial charge in [0, 0.05) is 17.1 Å². The molecule has 0 saturated heterocycles. The Morgan fingerprint density at radius 3 is 2.85 bits per heavy atom. The van der Waals surface area contributed by atoms with Gasteiger partial charge in [-0.3, -0.25) is 0 Å². The lowest BCUT2D eigenvalue weighted by molar-refractivity contribution is 0.623. The number of halogens is 2. The highest BCUT2D eigenvalue weighted by Gasteiger charge is 2.20. The number of benzene rings is 1. The molecular weight excluding hydrogens is 233 g/mol. The van der Waals surface area contributed by atoms with E-state index in [0.717, 1.165) is 16.6 Å². The maximum Gasteiger partial charge on any atom is 0.124 e. The third-order valence-corrected chi connectivity index (χ3v) is 2.91. The van der Waals surface area contributed by atoms with Gasteiger partial charge < -0.3 is 5.32 Å². The number of rotatable bonds is 3. The Labute approximate surface area is 85.5 Å². The molecule has 0 atom stereocenters. The number of hydrogen-bond donors (Lipinski definition) is 1. The summed E-state index contributed by atoms with van der Waals surface area (Å²) in [5.41, 5.74) is 1.12. The molecule has 1 N–H and O–H groups in total. The third kappa shape index (κ3) is 2.51. The minimum Gasteiger partial charge on any atom is -0.310 e. The summed E-state index contributed by atoms with van der Waals surface area (Å²) >= 11 is 3.34. The largest absolute Gasteiger partial charge is 0.310 e. The van der Waals surface area contributed by atoms with E-state index in [1.807, 2.05) is 6.07 Å². The predicted molar refractivity (Wildman–Crippen MR) is 54.0 cm³/mol. The van der Waals surface area contributed by atoms with Crippen molar-refractivity contribution in [1.29, 1.82) is 0 Å². The van der Waals surface area contributed by atoms with Crippen LogP contribution in [0.2, 0.25) is 0 Å². The van der Waals surface area contributed by atoms with Crippen LogP contribution in [-0.4, -0.2) is 6.04 Å². The van der Waals surface area contributed by atoms with E-state index >= 15 is 0 Å². The molecule has 0 heterocycles. The first kappa shape index (κ1) is 9.16. The van der Waals surface area contributed by atoms with Gasteiger partial charge in [-0.15, -0.1) is 0 Å². The first-order chi connectivity index (χ1) is 6.25. The molecule has 0 unspecified atom stereocenters. The molecule has 0 amide bonds. The summed E-state index contributed by atoms with van der Waals surface area (Å²) in [6, 6.07) is 5.50. The SMILES string of the molecule is Fc1ccc(CNC2CC2)c(Br)c1. The minimum atomic E-state index is -0.193. The molecule has 0 radical (unpaired) electrons. The highest BCUT2D eigenvalue weighted by Crippen LogP contribution is 2.22. The molecule has 1 aromatic rings. The molecule has 1 nitrogen and oxygen atoms in total. The van der Waals surface area contributed by atoms with E-state index in [-0.39, 0.29) is 5.82 Å². The Bertz CT molecular complexity index is 310. The molecule has 0 spiro atoms. The highest BCUT2D eigenvalue weighted by molar-refractivity contribution is 9.10. The molecule has 2 rings (SSSR count). The molecule has 1 fully saturated rings. The zero-order chi connectivity index (χ0) is 9.26. The highest BCUT2D eigenvalue weighted by atomic mass is 79.9. The molecule has 0 aromatic heterocycles. The van der Waals surface area contributed by atoms with Crippen LogP contribution in [0.25, 0.3) is 0 Å². The second-order valence-electron chi connectivity index (χ2n) is 3.39. The van der Waals surface area contributed by atoms with Crippen molar-refractivity contribution in [3.05, 3.63) is 34.1 Å². The van der Waals surface area contributed by atoms with Gasteiger partial charge in [0.1, 0.15) is 5.82 Å². The average Bonchev–Trinajstić information content (AvgIpc) is 2.86. The van der Waals surface area contributed by atoms with Crippen LogP contribution in [0, 0.1) is 5.82 Å². The molecule has 13 heavy (non-hydrogen) atoms. The second-order valence-corrected chi connectivity index (χ2v) is 4.25. The minimum absolute atomic E-state index is 0.193. The van der Waals surface area contributed by atoms with Crippen molar-refractivity contribution in [1.82, 2.24) is 5.32 Å². The molecule has 1 aromatic carbocycles. The fourth-order valence-electron chi connectivity index (χ4n) is 1.21. The standard InChI is InChI=1S/C10H11BrFN/c11-10-5-8(12)2-1-7(10)6-13-9-3-4-9/h1-2,5,9,13H,3-4,6H2. The Balaban J connectivity index is 2.01. The summed E-state index contributed by atoms with van der Waals surface area (Å²) < 4.78 is 13.6. The van der Waals surface area contributed by atoms with Gasteiger partial charge in [0.2, 0.25) is 0 Å². The summed E-state index contributed by atoms with van der Waals surface area (Å²) in [7, 11) is 0. The maximum atomic E-state index is 12.7. The lowest BCUT2D eigenvalue weighted by Crippen LogP contribution is -2.15. The molecular formula is C10H11BrFN. The van der Waals surface area contributed by atoms with Crippen molar-refractivity contribution in [2.24, 2.45) is 0 Å². The first-order valence-corrected chi connectivity index (χ1v) is 5.22. The van der Waals surface area contributed by atoms with E-state index in [1.165, 1.54) is 25.0 Å². The number of nitrogens with one attached hydrogen (secondary N) is 1. The van der Waals surface area contributed by atoms with Crippen molar-refractivity contribution in [2.45, 2.75) is 25.4 Å². The summed E-state index contributed by atoms with van der Waals surface area (Å²) in [4.78, 5) is 0. The van der Waals surface area contributed by atoms with Gasteiger partial charge in [-0.1, -0.05) is 22.0 Å². The topological polar surface area (TPSA) is 12.0 Å². The smallest absolute Gasteiger partial charge is 0.124 e. The van der Waals surface area contributed by atoms with Crippen LogP contribution in [0.4, 0.5) is 4.39 Å². The zero-order valence-electron chi connectivity index (χ0n) is 7.19. The van der Waals surface area contributed by atoms with E-state index in [1.54, 1.807) is 0 Å².